The normalized spacial score (nSPS) is 17.2. The first-order chi connectivity index (χ1) is 6.65. The lowest BCUT2D eigenvalue weighted by molar-refractivity contribution is 0.140. The quantitative estimate of drug-likeness (QED) is 0.662. The van der Waals surface area contributed by atoms with Gasteiger partial charge in [-0.1, -0.05) is 34.6 Å². The lowest BCUT2D eigenvalue weighted by Gasteiger charge is -2.34. The van der Waals surface area contributed by atoms with Gasteiger partial charge < -0.3 is 4.90 Å². The molecule has 15 heavy (non-hydrogen) atoms. The Morgan fingerprint density at radius 3 is 1.80 bits per heavy atom. The average Bonchev–Trinajstić information content (AvgIpc) is 2.10. The van der Waals surface area contributed by atoms with E-state index >= 15 is 0 Å². The second-order valence-electron chi connectivity index (χ2n) is 6.60. The summed E-state index contributed by atoms with van der Waals surface area (Å²) in [7, 11) is 2.26. The van der Waals surface area contributed by atoms with E-state index in [4.69, 9.17) is 0 Å². The van der Waals surface area contributed by atoms with Crippen LogP contribution in [0.5, 0.6) is 0 Å². The van der Waals surface area contributed by atoms with Crippen LogP contribution in [0.1, 0.15) is 61.3 Å². The van der Waals surface area contributed by atoms with Crippen LogP contribution < -0.4 is 0 Å². The second kappa shape index (κ2) is 5.89. The molecule has 0 N–H and O–H groups in total. The maximum atomic E-state index is 2.52. The van der Waals surface area contributed by atoms with E-state index in [1.807, 2.05) is 0 Å². The van der Waals surface area contributed by atoms with Crippen molar-refractivity contribution in [3.05, 3.63) is 0 Å². The van der Waals surface area contributed by atoms with Crippen molar-refractivity contribution < 1.29 is 0 Å². The molecular weight excluding hydrogens is 182 g/mol. The molecule has 0 radical (unpaired) electrons. The van der Waals surface area contributed by atoms with Crippen LogP contribution in [0.15, 0.2) is 0 Å². The Kier molecular flexibility index (Phi) is 5.87. The van der Waals surface area contributed by atoms with Crippen molar-refractivity contribution in [2.24, 2.45) is 11.3 Å². The van der Waals surface area contributed by atoms with Crippen LogP contribution in [-0.4, -0.2) is 24.0 Å². The third kappa shape index (κ3) is 6.19. The van der Waals surface area contributed by atoms with Gasteiger partial charge in [0.15, 0.2) is 0 Å². The fraction of sp³-hybridized carbons (Fsp3) is 1.00. The summed E-state index contributed by atoms with van der Waals surface area (Å²) < 4.78 is 0. The molecule has 0 unspecified atom stereocenters. The first-order valence-corrected chi connectivity index (χ1v) is 6.37. The van der Waals surface area contributed by atoms with Crippen LogP contribution in [0.3, 0.4) is 0 Å². The lowest BCUT2D eigenvalue weighted by Crippen LogP contribution is -2.40. The number of hydrogen-bond acceptors (Lipinski definition) is 1. The molecule has 0 aliphatic rings. The van der Waals surface area contributed by atoms with E-state index in [0.717, 1.165) is 5.92 Å². The zero-order chi connectivity index (χ0) is 12.2. The molecule has 0 saturated carbocycles. The molecule has 0 aromatic heterocycles. The van der Waals surface area contributed by atoms with Crippen LogP contribution in [0.25, 0.3) is 0 Å². The molecule has 0 rings (SSSR count). The molecule has 92 valence electrons. The van der Waals surface area contributed by atoms with Crippen LogP contribution in [0, 0.1) is 11.3 Å². The van der Waals surface area contributed by atoms with Crippen LogP contribution in [0.2, 0.25) is 0 Å². The molecule has 0 aliphatic carbocycles. The standard InChI is InChI=1S/C14H31N/c1-11(2)13(4)15(8)12(3)9-10-14(5,6)7/h11-13H,9-10H2,1-8H3/t12-,13+/m1/s1. The van der Waals surface area contributed by atoms with Crippen LogP contribution >= 0.6 is 0 Å². The topological polar surface area (TPSA) is 3.24 Å². The Morgan fingerprint density at radius 2 is 1.47 bits per heavy atom. The molecule has 0 spiro atoms. The summed E-state index contributed by atoms with van der Waals surface area (Å²) in [5, 5.41) is 0. The maximum Gasteiger partial charge on any atom is 0.00896 e. The van der Waals surface area contributed by atoms with Gasteiger partial charge >= 0.3 is 0 Å². The summed E-state index contributed by atoms with van der Waals surface area (Å²) in [5.74, 6) is 0.743. The largest absolute Gasteiger partial charge is 0.301 e. The van der Waals surface area contributed by atoms with E-state index in [1.165, 1.54) is 12.8 Å². The molecule has 0 saturated heterocycles. The van der Waals surface area contributed by atoms with E-state index in [2.05, 4.69) is 60.4 Å². The summed E-state index contributed by atoms with van der Waals surface area (Å²) in [6.45, 7) is 16.3. The van der Waals surface area contributed by atoms with Gasteiger partial charge in [-0.3, -0.25) is 0 Å². The van der Waals surface area contributed by atoms with E-state index in [1.54, 1.807) is 0 Å². The van der Waals surface area contributed by atoms with Gasteiger partial charge in [0.05, 0.1) is 0 Å². The summed E-state index contributed by atoms with van der Waals surface area (Å²) >= 11 is 0. The molecule has 0 aromatic carbocycles. The van der Waals surface area contributed by atoms with Gasteiger partial charge in [0.1, 0.15) is 0 Å². The Bertz CT molecular complexity index is 167. The first kappa shape index (κ1) is 15.0. The molecule has 0 aromatic rings. The minimum Gasteiger partial charge on any atom is -0.301 e. The predicted octanol–water partition coefficient (Wildman–Crippen LogP) is 4.18. The first-order valence-electron chi connectivity index (χ1n) is 6.37. The van der Waals surface area contributed by atoms with Gasteiger partial charge in [-0.2, -0.15) is 0 Å². The SMILES string of the molecule is CC(C)[C@H](C)N(C)[C@H](C)CCC(C)(C)C. The highest BCUT2D eigenvalue weighted by Crippen LogP contribution is 2.24. The van der Waals surface area contributed by atoms with Gasteiger partial charge in [-0.25, -0.2) is 0 Å². The van der Waals surface area contributed by atoms with Gasteiger partial charge in [-0.05, 0) is 45.1 Å². The molecule has 0 amide bonds. The lowest BCUT2D eigenvalue weighted by atomic mass is 9.88. The van der Waals surface area contributed by atoms with Crippen molar-refractivity contribution in [1.29, 1.82) is 0 Å². The smallest absolute Gasteiger partial charge is 0.00896 e. The van der Waals surface area contributed by atoms with Gasteiger partial charge in [0.25, 0.3) is 0 Å². The van der Waals surface area contributed by atoms with Crippen molar-refractivity contribution in [3.63, 3.8) is 0 Å². The molecule has 0 fully saturated rings. The van der Waals surface area contributed by atoms with E-state index in [-0.39, 0.29) is 0 Å². The third-order valence-electron chi connectivity index (χ3n) is 3.61. The zero-order valence-electron chi connectivity index (χ0n) is 12.1. The van der Waals surface area contributed by atoms with Crippen molar-refractivity contribution in [3.8, 4) is 0 Å². The summed E-state index contributed by atoms with van der Waals surface area (Å²) in [5.41, 5.74) is 0.468. The number of hydrogen-bond donors (Lipinski definition) is 0. The number of rotatable bonds is 5. The van der Waals surface area contributed by atoms with Gasteiger partial charge in [0.2, 0.25) is 0 Å². The molecule has 0 heterocycles. The zero-order valence-corrected chi connectivity index (χ0v) is 12.1. The van der Waals surface area contributed by atoms with E-state index in [9.17, 15) is 0 Å². The Balaban J connectivity index is 4.04. The molecular formula is C14H31N. The minimum atomic E-state index is 0.468. The van der Waals surface area contributed by atoms with Crippen molar-refractivity contribution >= 4 is 0 Å². The van der Waals surface area contributed by atoms with Crippen molar-refractivity contribution in [2.75, 3.05) is 7.05 Å². The highest BCUT2D eigenvalue weighted by Gasteiger charge is 2.20. The van der Waals surface area contributed by atoms with Crippen LogP contribution in [-0.2, 0) is 0 Å². The molecule has 1 heteroatoms. The Hall–Kier alpha value is -0.0400. The molecule has 2 atom stereocenters. The fourth-order valence-electron chi connectivity index (χ4n) is 1.72. The Labute approximate surface area is 97.2 Å². The average molecular weight is 213 g/mol. The van der Waals surface area contributed by atoms with Crippen LogP contribution in [0.4, 0.5) is 0 Å². The Morgan fingerprint density at radius 1 is 1.00 bits per heavy atom. The summed E-state index contributed by atoms with van der Waals surface area (Å²) in [6.07, 6.45) is 2.61. The fourth-order valence-corrected chi connectivity index (χ4v) is 1.72. The summed E-state index contributed by atoms with van der Waals surface area (Å²) in [6, 6.07) is 1.38. The number of nitrogens with zero attached hydrogens (tertiary/aromatic N) is 1. The molecule has 0 aliphatic heterocycles. The molecule has 1 nitrogen and oxygen atoms in total. The molecule has 0 bridgehead atoms. The van der Waals surface area contributed by atoms with E-state index in [0.29, 0.717) is 17.5 Å². The minimum absolute atomic E-state index is 0.468. The maximum absolute atomic E-state index is 2.52. The summed E-state index contributed by atoms with van der Waals surface area (Å²) in [4.78, 5) is 2.52. The van der Waals surface area contributed by atoms with Crippen molar-refractivity contribution in [1.82, 2.24) is 4.90 Å². The van der Waals surface area contributed by atoms with E-state index < -0.39 is 0 Å². The highest BCUT2D eigenvalue weighted by molar-refractivity contribution is 4.74. The highest BCUT2D eigenvalue weighted by atomic mass is 15.1. The monoisotopic (exact) mass is 213 g/mol. The van der Waals surface area contributed by atoms with Crippen molar-refractivity contribution in [2.45, 2.75) is 73.4 Å². The van der Waals surface area contributed by atoms with Gasteiger partial charge in [0, 0.05) is 12.1 Å². The van der Waals surface area contributed by atoms with Gasteiger partial charge in [-0.15, -0.1) is 0 Å². The second-order valence-corrected chi connectivity index (χ2v) is 6.60. The third-order valence-corrected chi connectivity index (χ3v) is 3.61. The predicted molar refractivity (Wildman–Crippen MR) is 70.2 cm³/mol.